The van der Waals surface area contributed by atoms with Gasteiger partial charge in [-0.3, -0.25) is 19.3 Å². The molecule has 2 aliphatic rings. The number of nitrogens with one attached hydrogen (secondary N) is 2. The van der Waals surface area contributed by atoms with Crippen LogP contribution in [-0.4, -0.2) is 53.7 Å². The van der Waals surface area contributed by atoms with E-state index in [4.69, 9.17) is 4.42 Å². The van der Waals surface area contributed by atoms with Crippen molar-refractivity contribution in [1.82, 2.24) is 15.5 Å². The van der Waals surface area contributed by atoms with Gasteiger partial charge >= 0.3 is 0 Å². The lowest BCUT2D eigenvalue weighted by Crippen LogP contribution is -2.52. The summed E-state index contributed by atoms with van der Waals surface area (Å²) in [6.07, 6.45) is 10.2. The minimum Gasteiger partial charge on any atom is -0.459 e. The highest BCUT2D eigenvalue weighted by molar-refractivity contribution is 5.97. The minimum atomic E-state index is -0.666. The molecule has 1 aliphatic heterocycles. The predicted molar refractivity (Wildman–Crippen MR) is 119 cm³/mol. The standard InChI is InChI=1S/C24H37N3O4/c1-3-13-27-16-21(28)19(12-11-17(27)2)25-23(29)20(15-18-8-5-4-6-9-18)26-24(30)22-10-7-14-31-22/h7,10,14,17-20H,3-6,8-9,11-13,15-16H2,1-2H3,(H,25,29)(H,26,30). The van der Waals surface area contributed by atoms with Crippen molar-refractivity contribution in [2.45, 2.75) is 89.8 Å². The van der Waals surface area contributed by atoms with Gasteiger partial charge in [0.15, 0.2) is 11.5 Å². The molecule has 172 valence electrons. The molecule has 1 saturated carbocycles. The zero-order chi connectivity index (χ0) is 22.2. The Bertz CT molecular complexity index is 727. The van der Waals surface area contributed by atoms with E-state index in [9.17, 15) is 14.4 Å². The van der Waals surface area contributed by atoms with Gasteiger partial charge in [0, 0.05) is 6.04 Å². The number of hydrogen-bond acceptors (Lipinski definition) is 5. The lowest BCUT2D eigenvalue weighted by molar-refractivity contribution is -0.129. The molecule has 31 heavy (non-hydrogen) atoms. The highest BCUT2D eigenvalue weighted by atomic mass is 16.3. The summed E-state index contributed by atoms with van der Waals surface area (Å²) in [5, 5.41) is 5.83. The molecule has 0 bridgehead atoms. The molecule has 2 fully saturated rings. The number of rotatable bonds is 8. The second-order valence-electron chi connectivity index (χ2n) is 9.17. The van der Waals surface area contributed by atoms with Gasteiger partial charge in [-0.05, 0) is 57.2 Å². The normalized spacial score (nSPS) is 24.4. The molecule has 7 heteroatoms. The van der Waals surface area contributed by atoms with Crippen LogP contribution >= 0.6 is 0 Å². The van der Waals surface area contributed by atoms with E-state index >= 15 is 0 Å². The molecule has 0 spiro atoms. The number of ketones is 1. The molecule has 1 aliphatic carbocycles. The van der Waals surface area contributed by atoms with Gasteiger partial charge in [0.25, 0.3) is 5.91 Å². The molecule has 0 radical (unpaired) electrons. The van der Waals surface area contributed by atoms with Crippen LogP contribution in [0.5, 0.6) is 0 Å². The van der Waals surface area contributed by atoms with E-state index in [2.05, 4.69) is 29.4 Å². The first-order chi connectivity index (χ1) is 15.0. The Labute approximate surface area is 185 Å². The summed E-state index contributed by atoms with van der Waals surface area (Å²) in [6.45, 7) is 5.50. The van der Waals surface area contributed by atoms with Crippen LogP contribution in [-0.2, 0) is 9.59 Å². The third kappa shape index (κ3) is 6.66. The van der Waals surface area contributed by atoms with E-state index < -0.39 is 18.0 Å². The fourth-order valence-corrected chi connectivity index (χ4v) is 4.85. The van der Waals surface area contributed by atoms with Gasteiger partial charge in [0.2, 0.25) is 5.91 Å². The van der Waals surface area contributed by atoms with Gasteiger partial charge in [0.1, 0.15) is 6.04 Å². The molecule has 1 saturated heterocycles. The van der Waals surface area contributed by atoms with Crippen LogP contribution in [0.1, 0.15) is 82.2 Å². The van der Waals surface area contributed by atoms with Crippen LogP contribution in [0.15, 0.2) is 22.8 Å². The Morgan fingerprint density at radius 3 is 2.65 bits per heavy atom. The first-order valence-electron chi connectivity index (χ1n) is 11.9. The van der Waals surface area contributed by atoms with Crippen LogP contribution in [0.2, 0.25) is 0 Å². The number of carbonyl (C=O) groups excluding carboxylic acids is 3. The fraction of sp³-hybridized carbons (Fsp3) is 0.708. The average molecular weight is 432 g/mol. The first-order valence-corrected chi connectivity index (χ1v) is 11.9. The molecule has 1 aromatic rings. The second kappa shape index (κ2) is 11.5. The van der Waals surface area contributed by atoms with Crippen molar-refractivity contribution < 1.29 is 18.8 Å². The van der Waals surface area contributed by atoms with Crippen LogP contribution in [0.3, 0.4) is 0 Å². The van der Waals surface area contributed by atoms with Crippen LogP contribution in [0.4, 0.5) is 0 Å². The Morgan fingerprint density at radius 2 is 1.97 bits per heavy atom. The molecule has 2 N–H and O–H groups in total. The number of Topliss-reactive ketones (excluding diaryl/α,β-unsaturated/α-hetero) is 1. The van der Waals surface area contributed by atoms with Crippen molar-refractivity contribution in [2.24, 2.45) is 5.92 Å². The molecular formula is C24H37N3O4. The van der Waals surface area contributed by atoms with E-state index in [1.54, 1.807) is 12.1 Å². The largest absolute Gasteiger partial charge is 0.459 e. The summed E-state index contributed by atoms with van der Waals surface area (Å²) in [5.74, 6) is -0.00132. The van der Waals surface area contributed by atoms with Crippen molar-refractivity contribution in [2.75, 3.05) is 13.1 Å². The highest BCUT2D eigenvalue weighted by Gasteiger charge is 2.33. The van der Waals surface area contributed by atoms with Gasteiger partial charge < -0.3 is 15.1 Å². The molecule has 3 unspecified atom stereocenters. The number of furan rings is 1. The van der Waals surface area contributed by atoms with Gasteiger partial charge in [0.05, 0.1) is 18.8 Å². The van der Waals surface area contributed by atoms with Gasteiger partial charge in [-0.25, -0.2) is 0 Å². The fourth-order valence-electron chi connectivity index (χ4n) is 4.85. The number of likely N-dealkylation sites (tertiary alicyclic amines) is 1. The van der Waals surface area contributed by atoms with E-state index in [-0.39, 0.29) is 17.5 Å². The minimum absolute atomic E-state index is 0.0555. The topological polar surface area (TPSA) is 91.7 Å². The SMILES string of the molecule is CCCN1CC(=O)C(NC(=O)C(CC2CCCCC2)NC(=O)c2ccco2)CCC1C. The second-order valence-corrected chi connectivity index (χ2v) is 9.17. The lowest BCUT2D eigenvalue weighted by atomic mass is 9.84. The Balaban J connectivity index is 1.66. The van der Waals surface area contributed by atoms with Gasteiger partial charge in [-0.1, -0.05) is 39.0 Å². The summed E-state index contributed by atoms with van der Waals surface area (Å²) in [5.41, 5.74) is 0. The van der Waals surface area contributed by atoms with Crippen LogP contribution in [0, 0.1) is 5.92 Å². The molecule has 0 aromatic carbocycles. The lowest BCUT2D eigenvalue weighted by Gasteiger charge is -2.27. The maximum atomic E-state index is 13.2. The molecule has 3 atom stereocenters. The molecule has 1 aromatic heterocycles. The Hall–Kier alpha value is -2.15. The number of hydrogen-bond donors (Lipinski definition) is 2. The zero-order valence-electron chi connectivity index (χ0n) is 18.9. The molecule has 7 nitrogen and oxygen atoms in total. The summed E-state index contributed by atoms with van der Waals surface area (Å²) < 4.78 is 5.19. The van der Waals surface area contributed by atoms with Gasteiger partial charge in [-0.15, -0.1) is 0 Å². The molecule has 2 amide bonds. The van der Waals surface area contributed by atoms with Gasteiger partial charge in [-0.2, -0.15) is 0 Å². The highest BCUT2D eigenvalue weighted by Crippen LogP contribution is 2.27. The molecule has 2 heterocycles. The average Bonchev–Trinajstić information content (AvgIpc) is 3.27. The Morgan fingerprint density at radius 1 is 1.19 bits per heavy atom. The maximum absolute atomic E-state index is 13.2. The van der Waals surface area contributed by atoms with E-state index in [1.165, 1.54) is 12.7 Å². The van der Waals surface area contributed by atoms with E-state index in [0.717, 1.165) is 45.1 Å². The zero-order valence-corrected chi connectivity index (χ0v) is 18.9. The third-order valence-corrected chi connectivity index (χ3v) is 6.73. The van der Waals surface area contributed by atoms with Crippen LogP contribution < -0.4 is 10.6 Å². The van der Waals surface area contributed by atoms with Crippen molar-refractivity contribution in [3.05, 3.63) is 24.2 Å². The van der Waals surface area contributed by atoms with Crippen molar-refractivity contribution in [1.29, 1.82) is 0 Å². The van der Waals surface area contributed by atoms with E-state index in [1.807, 2.05) is 0 Å². The number of carbonyl (C=O) groups is 3. The Kier molecular flexibility index (Phi) is 8.69. The predicted octanol–water partition coefficient (Wildman–Crippen LogP) is 3.30. The smallest absolute Gasteiger partial charge is 0.287 e. The monoisotopic (exact) mass is 431 g/mol. The summed E-state index contributed by atoms with van der Waals surface area (Å²) in [7, 11) is 0. The van der Waals surface area contributed by atoms with E-state index in [0.29, 0.717) is 31.3 Å². The van der Waals surface area contributed by atoms with Crippen molar-refractivity contribution in [3.8, 4) is 0 Å². The van der Waals surface area contributed by atoms with Crippen LogP contribution in [0.25, 0.3) is 0 Å². The van der Waals surface area contributed by atoms with Crippen molar-refractivity contribution >= 4 is 17.6 Å². The molecule has 3 rings (SSSR count). The summed E-state index contributed by atoms with van der Waals surface area (Å²) in [4.78, 5) is 40.8. The van der Waals surface area contributed by atoms with Crippen molar-refractivity contribution in [3.63, 3.8) is 0 Å². The first kappa shape index (κ1) is 23.5. The number of amides is 2. The molecular weight excluding hydrogens is 394 g/mol. The quantitative estimate of drug-likeness (QED) is 0.659. The third-order valence-electron chi connectivity index (χ3n) is 6.73. The maximum Gasteiger partial charge on any atom is 0.287 e. The summed E-state index contributed by atoms with van der Waals surface area (Å²) in [6, 6.07) is 2.40. The number of nitrogens with zero attached hydrogens (tertiary/aromatic N) is 1. The summed E-state index contributed by atoms with van der Waals surface area (Å²) >= 11 is 0.